The highest BCUT2D eigenvalue weighted by molar-refractivity contribution is 5.36. The molecule has 0 aromatic heterocycles. The SMILES string of the molecule is CC1(C)C(C(Cc2ccc3c(c2)CCC3)NN)C1(C)C. The second kappa shape index (κ2) is 4.57. The Morgan fingerprint density at radius 2 is 1.80 bits per heavy atom. The van der Waals surface area contributed by atoms with Gasteiger partial charge in [-0.25, -0.2) is 0 Å². The number of nitrogens with two attached hydrogens (primary N) is 1. The third-order valence-corrected chi connectivity index (χ3v) is 6.37. The molecular weight excluding hydrogens is 244 g/mol. The number of aryl methyl sites for hydroxylation is 2. The molecule has 1 saturated carbocycles. The summed E-state index contributed by atoms with van der Waals surface area (Å²) in [6.07, 6.45) is 4.88. The number of fused-ring (bicyclic) bond motifs is 1. The maximum atomic E-state index is 5.87. The van der Waals surface area contributed by atoms with Crippen LogP contribution in [0.1, 0.15) is 50.8 Å². The van der Waals surface area contributed by atoms with Crippen LogP contribution in [0.3, 0.4) is 0 Å². The fraction of sp³-hybridized carbons (Fsp3) is 0.667. The van der Waals surface area contributed by atoms with E-state index in [1.807, 2.05) is 0 Å². The van der Waals surface area contributed by atoms with E-state index in [1.54, 1.807) is 11.1 Å². The molecule has 1 aromatic carbocycles. The molecule has 2 aliphatic rings. The number of nitrogens with one attached hydrogen (secondary N) is 1. The minimum absolute atomic E-state index is 0.374. The van der Waals surface area contributed by atoms with Crippen molar-refractivity contribution in [1.82, 2.24) is 5.43 Å². The van der Waals surface area contributed by atoms with Gasteiger partial charge in [-0.05, 0) is 59.1 Å². The zero-order valence-corrected chi connectivity index (χ0v) is 13.3. The molecule has 3 rings (SSSR count). The number of hydrazine groups is 1. The average Bonchev–Trinajstić information content (AvgIpc) is 2.73. The maximum Gasteiger partial charge on any atom is 0.0289 e. The smallest absolute Gasteiger partial charge is 0.0289 e. The van der Waals surface area contributed by atoms with Crippen molar-refractivity contribution in [3.05, 3.63) is 34.9 Å². The van der Waals surface area contributed by atoms with Gasteiger partial charge in [0.15, 0.2) is 0 Å². The van der Waals surface area contributed by atoms with Crippen LogP contribution in [0.4, 0.5) is 0 Å². The molecule has 0 radical (unpaired) electrons. The van der Waals surface area contributed by atoms with Crippen molar-refractivity contribution in [2.24, 2.45) is 22.6 Å². The van der Waals surface area contributed by atoms with E-state index < -0.39 is 0 Å². The summed E-state index contributed by atoms with van der Waals surface area (Å²) in [7, 11) is 0. The van der Waals surface area contributed by atoms with Gasteiger partial charge in [0.2, 0.25) is 0 Å². The van der Waals surface area contributed by atoms with Crippen molar-refractivity contribution in [2.45, 2.75) is 59.4 Å². The topological polar surface area (TPSA) is 38.0 Å². The first-order chi connectivity index (χ1) is 9.38. The maximum absolute atomic E-state index is 5.87. The summed E-state index contributed by atoms with van der Waals surface area (Å²) in [6.45, 7) is 9.46. The minimum atomic E-state index is 0.374. The molecule has 1 aromatic rings. The molecule has 1 fully saturated rings. The number of benzene rings is 1. The van der Waals surface area contributed by atoms with Crippen molar-refractivity contribution in [2.75, 3.05) is 0 Å². The zero-order valence-electron chi connectivity index (χ0n) is 13.3. The summed E-state index contributed by atoms with van der Waals surface area (Å²) < 4.78 is 0. The Hall–Kier alpha value is -0.860. The van der Waals surface area contributed by atoms with E-state index in [1.165, 1.54) is 24.8 Å². The van der Waals surface area contributed by atoms with Gasteiger partial charge in [0.1, 0.15) is 0 Å². The highest BCUT2D eigenvalue weighted by Crippen LogP contribution is 2.69. The Morgan fingerprint density at radius 3 is 2.40 bits per heavy atom. The van der Waals surface area contributed by atoms with Gasteiger partial charge in [0, 0.05) is 6.04 Å². The van der Waals surface area contributed by atoms with Gasteiger partial charge in [-0.2, -0.15) is 0 Å². The lowest BCUT2D eigenvalue weighted by Gasteiger charge is -2.19. The number of hydrogen-bond acceptors (Lipinski definition) is 2. The molecule has 0 amide bonds. The van der Waals surface area contributed by atoms with E-state index in [2.05, 4.69) is 51.3 Å². The lowest BCUT2D eigenvalue weighted by atomic mass is 9.95. The largest absolute Gasteiger partial charge is 0.271 e. The Balaban J connectivity index is 1.76. The monoisotopic (exact) mass is 272 g/mol. The molecule has 2 nitrogen and oxygen atoms in total. The minimum Gasteiger partial charge on any atom is -0.271 e. The van der Waals surface area contributed by atoms with Crippen LogP contribution in [0.5, 0.6) is 0 Å². The van der Waals surface area contributed by atoms with Crippen molar-refractivity contribution in [3.63, 3.8) is 0 Å². The predicted molar refractivity (Wildman–Crippen MR) is 84.3 cm³/mol. The van der Waals surface area contributed by atoms with Gasteiger partial charge in [-0.1, -0.05) is 45.9 Å². The molecule has 1 atom stereocenters. The normalized spacial score (nSPS) is 24.4. The third-order valence-electron chi connectivity index (χ3n) is 6.37. The van der Waals surface area contributed by atoms with Crippen LogP contribution in [0, 0.1) is 16.7 Å². The Kier molecular flexibility index (Phi) is 3.22. The average molecular weight is 272 g/mol. The molecule has 2 heteroatoms. The summed E-state index contributed by atoms with van der Waals surface area (Å²) >= 11 is 0. The second-order valence-corrected chi connectivity index (χ2v) is 7.85. The first-order valence-corrected chi connectivity index (χ1v) is 7.94. The van der Waals surface area contributed by atoms with E-state index >= 15 is 0 Å². The first-order valence-electron chi connectivity index (χ1n) is 7.94. The first kappa shape index (κ1) is 14.1. The molecular formula is C18H28N2. The molecule has 0 aliphatic heterocycles. The van der Waals surface area contributed by atoms with Crippen molar-refractivity contribution >= 4 is 0 Å². The van der Waals surface area contributed by atoms with Crippen LogP contribution in [0.25, 0.3) is 0 Å². The van der Waals surface area contributed by atoms with E-state index in [4.69, 9.17) is 5.84 Å². The zero-order chi connectivity index (χ0) is 14.5. The van der Waals surface area contributed by atoms with Crippen LogP contribution in [0.15, 0.2) is 18.2 Å². The fourth-order valence-electron chi connectivity index (χ4n) is 4.53. The van der Waals surface area contributed by atoms with Crippen LogP contribution in [-0.4, -0.2) is 6.04 Å². The second-order valence-electron chi connectivity index (χ2n) is 7.85. The van der Waals surface area contributed by atoms with Gasteiger partial charge in [0.25, 0.3) is 0 Å². The predicted octanol–water partition coefficient (Wildman–Crippen LogP) is 3.23. The molecule has 0 saturated heterocycles. The molecule has 0 heterocycles. The highest BCUT2D eigenvalue weighted by Gasteiger charge is 2.66. The van der Waals surface area contributed by atoms with Gasteiger partial charge < -0.3 is 0 Å². The lowest BCUT2D eigenvalue weighted by molar-refractivity contribution is 0.402. The summed E-state index contributed by atoms with van der Waals surface area (Å²) in [4.78, 5) is 0. The Bertz CT molecular complexity index is 502. The van der Waals surface area contributed by atoms with Crippen molar-refractivity contribution < 1.29 is 0 Å². The summed E-state index contributed by atoms with van der Waals surface area (Å²) in [5.74, 6) is 6.51. The van der Waals surface area contributed by atoms with E-state index in [9.17, 15) is 0 Å². The van der Waals surface area contributed by atoms with Crippen LogP contribution in [0.2, 0.25) is 0 Å². The molecule has 0 bridgehead atoms. The quantitative estimate of drug-likeness (QED) is 0.652. The van der Waals surface area contributed by atoms with Crippen LogP contribution < -0.4 is 11.3 Å². The van der Waals surface area contributed by atoms with Gasteiger partial charge in [0.05, 0.1) is 0 Å². The van der Waals surface area contributed by atoms with Gasteiger partial charge in [-0.15, -0.1) is 0 Å². The molecule has 3 N–H and O–H groups in total. The summed E-state index contributed by atoms with van der Waals surface area (Å²) in [6, 6.07) is 7.42. The van der Waals surface area contributed by atoms with Gasteiger partial charge in [-0.3, -0.25) is 11.3 Å². The standard InChI is InChI=1S/C18H28N2/c1-17(2)16(18(17,3)4)15(20-19)11-12-8-9-13-6-5-7-14(13)10-12/h8-10,15-16,20H,5-7,11,19H2,1-4H3. The summed E-state index contributed by atoms with van der Waals surface area (Å²) in [5.41, 5.74) is 8.40. The molecule has 110 valence electrons. The van der Waals surface area contributed by atoms with E-state index in [0.29, 0.717) is 22.8 Å². The molecule has 2 aliphatic carbocycles. The Morgan fingerprint density at radius 1 is 1.15 bits per heavy atom. The van der Waals surface area contributed by atoms with Crippen LogP contribution in [-0.2, 0) is 19.3 Å². The highest BCUT2D eigenvalue weighted by atomic mass is 15.2. The number of rotatable bonds is 4. The van der Waals surface area contributed by atoms with E-state index in [-0.39, 0.29) is 0 Å². The third kappa shape index (κ3) is 2.01. The molecule has 20 heavy (non-hydrogen) atoms. The van der Waals surface area contributed by atoms with Crippen LogP contribution >= 0.6 is 0 Å². The van der Waals surface area contributed by atoms with Crippen molar-refractivity contribution in [1.29, 1.82) is 0 Å². The Labute approximate surface area is 123 Å². The van der Waals surface area contributed by atoms with E-state index in [0.717, 1.165) is 6.42 Å². The molecule has 0 spiro atoms. The summed E-state index contributed by atoms with van der Waals surface area (Å²) in [5, 5.41) is 0. The molecule has 1 unspecified atom stereocenters. The number of hydrogen-bond donors (Lipinski definition) is 2. The fourth-order valence-corrected chi connectivity index (χ4v) is 4.53. The lowest BCUT2D eigenvalue weighted by Crippen LogP contribution is -2.40. The van der Waals surface area contributed by atoms with Gasteiger partial charge >= 0.3 is 0 Å². The van der Waals surface area contributed by atoms with Crippen molar-refractivity contribution in [3.8, 4) is 0 Å².